The second-order valence-electron chi connectivity index (χ2n) is 4.97. The van der Waals surface area contributed by atoms with Crippen molar-refractivity contribution >= 4 is 39.0 Å². The molecule has 0 atom stereocenters. The second-order valence-corrected chi connectivity index (χ2v) is 5.83. The van der Waals surface area contributed by atoms with Crippen molar-refractivity contribution in [2.75, 3.05) is 0 Å². The molecule has 3 aromatic rings. The summed E-state index contributed by atoms with van der Waals surface area (Å²) < 4.78 is 6.16. The minimum absolute atomic E-state index is 0.109. The molecule has 2 N–H and O–H groups in total. The third kappa shape index (κ3) is 2.98. The van der Waals surface area contributed by atoms with E-state index in [2.05, 4.69) is 26.5 Å². The van der Waals surface area contributed by atoms with Gasteiger partial charge in [0.1, 0.15) is 11.3 Å². The predicted octanol–water partition coefficient (Wildman–Crippen LogP) is 3.97. The maximum absolute atomic E-state index is 12.2. The highest BCUT2D eigenvalue weighted by molar-refractivity contribution is 9.10. The molecule has 0 radical (unpaired) electrons. The molecule has 6 heteroatoms. The summed E-state index contributed by atoms with van der Waals surface area (Å²) >= 11 is 3.40. The van der Waals surface area contributed by atoms with Gasteiger partial charge in [0.2, 0.25) is 0 Å². The standard InChI is InChI=1S/C17H13BrN2O3/c1-10-9-23-14-7-6-12(16(21)15(10)14)17(22)20-19-8-11-4-2-3-5-13(11)18/h2-9,21H,1H3,(H,20,22). The molecule has 3 rings (SSSR count). The van der Waals surface area contributed by atoms with Crippen molar-refractivity contribution in [2.24, 2.45) is 5.10 Å². The quantitative estimate of drug-likeness (QED) is 0.539. The molecular weight excluding hydrogens is 360 g/mol. The minimum Gasteiger partial charge on any atom is -0.506 e. The van der Waals surface area contributed by atoms with E-state index in [0.717, 1.165) is 15.6 Å². The van der Waals surface area contributed by atoms with Gasteiger partial charge in [-0.1, -0.05) is 34.1 Å². The Bertz CT molecular complexity index is 915. The van der Waals surface area contributed by atoms with Gasteiger partial charge in [0.05, 0.1) is 23.4 Å². The number of carbonyl (C=O) groups is 1. The van der Waals surface area contributed by atoms with Crippen LogP contribution in [0.25, 0.3) is 11.0 Å². The molecule has 0 saturated heterocycles. The molecule has 0 aliphatic carbocycles. The van der Waals surface area contributed by atoms with Crippen molar-refractivity contribution in [2.45, 2.75) is 6.92 Å². The number of carbonyl (C=O) groups excluding carboxylic acids is 1. The fourth-order valence-corrected chi connectivity index (χ4v) is 2.63. The Labute approximate surface area is 140 Å². The number of aryl methyl sites for hydroxylation is 1. The normalized spacial score (nSPS) is 11.2. The highest BCUT2D eigenvalue weighted by Gasteiger charge is 2.16. The number of benzene rings is 2. The predicted molar refractivity (Wildman–Crippen MR) is 91.8 cm³/mol. The average molecular weight is 373 g/mol. The number of hydrogen-bond acceptors (Lipinski definition) is 4. The molecule has 116 valence electrons. The minimum atomic E-state index is -0.492. The average Bonchev–Trinajstić information content (AvgIpc) is 2.91. The van der Waals surface area contributed by atoms with Gasteiger partial charge in [-0.15, -0.1) is 0 Å². The molecule has 1 heterocycles. The zero-order chi connectivity index (χ0) is 16.4. The molecule has 0 unspecified atom stereocenters. The highest BCUT2D eigenvalue weighted by Crippen LogP contribution is 2.32. The smallest absolute Gasteiger partial charge is 0.275 e. The highest BCUT2D eigenvalue weighted by atomic mass is 79.9. The van der Waals surface area contributed by atoms with Crippen molar-refractivity contribution < 1.29 is 14.3 Å². The summed E-state index contributed by atoms with van der Waals surface area (Å²) in [6.07, 6.45) is 3.07. The number of nitrogens with zero attached hydrogens (tertiary/aromatic N) is 1. The fraction of sp³-hybridized carbons (Fsp3) is 0.0588. The number of halogens is 1. The van der Waals surface area contributed by atoms with Gasteiger partial charge in [-0.2, -0.15) is 5.10 Å². The number of hydrazone groups is 1. The van der Waals surface area contributed by atoms with Crippen LogP contribution in [0.3, 0.4) is 0 Å². The van der Waals surface area contributed by atoms with Crippen LogP contribution in [0.15, 0.2) is 56.7 Å². The fourth-order valence-electron chi connectivity index (χ4n) is 2.25. The van der Waals surface area contributed by atoms with Crippen molar-refractivity contribution in [1.29, 1.82) is 0 Å². The Morgan fingerprint density at radius 2 is 2.09 bits per heavy atom. The largest absolute Gasteiger partial charge is 0.506 e. The monoisotopic (exact) mass is 372 g/mol. The van der Waals surface area contributed by atoms with Crippen LogP contribution in [0, 0.1) is 6.92 Å². The van der Waals surface area contributed by atoms with Crippen LogP contribution in [0.4, 0.5) is 0 Å². The van der Waals surface area contributed by atoms with Crippen LogP contribution in [0.1, 0.15) is 21.5 Å². The topological polar surface area (TPSA) is 74.8 Å². The van der Waals surface area contributed by atoms with Gasteiger partial charge in [0.25, 0.3) is 5.91 Å². The Hall–Kier alpha value is -2.60. The van der Waals surface area contributed by atoms with E-state index in [1.807, 2.05) is 24.3 Å². The summed E-state index contributed by atoms with van der Waals surface area (Å²) in [5, 5.41) is 14.7. The number of phenolic OH excluding ortho intramolecular Hbond substituents is 1. The van der Waals surface area contributed by atoms with E-state index in [0.29, 0.717) is 11.0 Å². The van der Waals surface area contributed by atoms with Crippen molar-refractivity contribution in [3.05, 3.63) is 63.8 Å². The molecule has 0 aliphatic heterocycles. The summed E-state index contributed by atoms with van der Waals surface area (Å²) in [4.78, 5) is 12.2. The van der Waals surface area contributed by atoms with E-state index >= 15 is 0 Å². The number of hydrogen-bond donors (Lipinski definition) is 2. The molecule has 23 heavy (non-hydrogen) atoms. The summed E-state index contributed by atoms with van der Waals surface area (Å²) in [6.45, 7) is 1.80. The third-order valence-corrected chi connectivity index (χ3v) is 4.14. The van der Waals surface area contributed by atoms with E-state index in [9.17, 15) is 9.90 Å². The molecule has 0 aliphatic rings. The lowest BCUT2D eigenvalue weighted by molar-refractivity contribution is 0.0952. The maximum Gasteiger partial charge on any atom is 0.275 e. The van der Waals surface area contributed by atoms with Gasteiger partial charge in [0.15, 0.2) is 0 Å². The first kappa shape index (κ1) is 15.3. The molecule has 1 aromatic heterocycles. The Morgan fingerprint density at radius 3 is 2.87 bits per heavy atom. The third-order valence-electron chi connectivity index (χ3n) is 3.42. The summed E-state index contributed by atoms with van der Waals surface area (Å²) in [5.41, 5.74) is 4.69. The van der Waals surface area contributed by atoms with Crippen LogP contribution in [-0.4, -0.2) is 17.2 Å². The van der Waals surface area contributed by atoms with Crippen LogP contribution in [0.2, 0.25) is 0 Å². The van der Waals surface area contributed by atoms with Crippen LogP contribution < -0.4 is 5.43 Å². The van der Waals surface area contributed by atoms with Crippen LogP contribution >= 0.6 is 15.9 Å². The number of fused-ring (bicyclic) bond motifs is 1. The van der Waals surface area contributed by atoms with Crippen molar-refractivity contribution in [3.63, 3.8) is 0 Å². The zero-order valence-corrected chi connectivity index (χ0v) is 13.8. The summed E-state index contributed by atoms with van der Waals surface area (Å²) in [7, 11) is 0. The molecule has 0 fully saturated rings. The van der Waals surface area contributed by atoms with E-state index in [4.69, 9.17) is 4.42 Å². The van der Waals surface area contributed by atoms with Crippen LogP contribution in [-0.2, 0) is 0 Å². The Balaban J connectivity index is 1.83. The summed E-state index contributed by atoms with van der Waals surface area (Å²) in [5.74, 6) is -0.601. The number of furan rings is 1. The van der Waals surface area contributed by atoms with Gasteiger partial charge in [-0.3, -0.25) is 4.79 Å². The lowest BCUT2D eigenvalue weighted by atomic mass is 10.1. The molecule has 2 aromatic carbocycles. The molecule has 5 nitrogen and oxygen atoms in total. The number of rotatable bonds is 3. The van der Waals surface area contributed by atoms with Gasteiger partial charge >= 0.3 is 0 Å². The lowest BCUT2D eigenvalue weighted by Gasteiger charge is -2.04. The Kier molecular flexibility index (Phi) is 4.16. The van der Waals surface area contributed by atoms with Crippen molar-refractivity contribution in [3.8, 4) is 5.75 Å². The number of aromatic hydroxyl groups is 1. The van der Waals surface area contributed by atoms with Gasteiger partial charge in [-0.25, -0.2) is 5.43 Å². The van der Waals surface area contributed by atoms with Gasteiger partial charge < -0.3 is 9.52 Å². The number of nitrogens with one attached hydrogen (secondary N) is 1. The van der Waals surface area contributed by atoms with E-state index < -0.39 is 5.91 Å². The van der Waals surface area contributed by atoms with Gasteiger partial charge in [-0.05, 0) is 30.7 Å². The van der Waals surface area contributed by atoms with E-state index in [1.165, 1.54) is 18.5 Å². The van der Waals surface area contributed by atoms with E-state index in [1.54, 1.807) is 13.0 Å². The van der Waals surface area contributed by atoms with Crippen LogP contribution in [0.5, 0.6) is 5.75 Å². The molecule has 0 saturated carbocycles. The lowest BCUT2D eigenvalue weighted by Crippen LogP contribution is -2.17. The first-order chi connectivity index (χ1) is 11.1. The second kappa shape index (κ2) is 6.26. The Morgan fingerprint density at radius 1 is 1.30 bits per heavy atom. The molecule has 0 spiro atoms. The van der Waals surface area contributed by atoms with Crippen molar-refractivity contribution in [1.82, 2.24) is 5.43 Å². The maximum atomic E-state index is 12.2. The molecule has 0 bridgehead atoms. The zero-order valence-electron chi connectivity index (χ0n) is 12.2. The first-order valence-electron chi connectivity index (χ1n) is 6.85. The molecular formula is C17H13BrN2O3. The molecule has 1 amide bonds. The number of phenols is 1. The summed E-state index contributed by atoms with van der Waals surface area (Å²) in [6, 6.07) is 10.6. The SMILES string of the molecule is Cc1coc2ccc(C(=O)NN=Cc3ccccc3Br)c(O)c12. The van der Waals surface area contributed by atoms with Gasteiger partial charge in [0, 0.05) is 10.0 Å². The van der Waals surface area contributed by atoms with E-state index in [-0.39, 0.29) is 11.3 Å². The first-order valence-corrected chi connectivity index (χ1v) is 7.65. The number of amides is 1.